The van der Waals surface area contributed by atoms with Gasteiger partial charge in [0.05, 0.1) is 25.7 Å². The zero-order chi connectivity index (χ0) is 12.3. The molecule has 0 atom stereocenters. The van der Waals surface area contributed by atoms with E-state index in [1.54, 1.807) is 0 Å². The molecule has 0 saturated carbocycles. The number of methoxy groups -OCH3 is 2. The minimum Gasteiger partial charge on any atom is -0.495 e. The molecule has 0 aromatic heterocycles. The van der Waals surface area contributed by atoms with Crippen LogP contribution in [0.5, 0.6) is 11.5 Å². The molecule has 88 valence electrons. The molecule has 1 rings (SSSR count). The van der Waals surface area contributed by atoms with E-state index in [-0.39, 0.29) is 22.1 Å². The summed E-state index contributed by atoms with van der Waals surface area (Å²) in [7, 11) is 2.62. The summed E-state index contributed by atoms with van der Waals surface area (Å²) in [5.41, 5.74) is -0.148. The first-order valence-corrected chi connectivity index (χ1v) is 4.69. The van der Waals surface area contributed by atoms with Crippen LogP contribution >= 0.6 is 11.6 Å². The lowest BCUT2D eigenvalue weighted by Crippen LogP contribution is -2.06. The maximum atomic E-state index is 13.7. The third-order valence-electron chi connectivity index (χ3n) is 1.99. The Balaban J connectivity index is 3.36. The Kier molecular flexibility index (Phi) is 3.95. The summed E-state index contributed by atoms with van der Waals surface area (Å²) in [6.45, 7) is 0. The maximum Gasteiger partial charge on any atom is 0.307 e. The van der Waals surface area contributed by atoms with Crippen molar-refractivity contribution in [1.29, 1.82) is 0 Å². The van der Waals surface area contributed by atoms with E-state index < -0.39 is 18.2 Å². The molecule has 4 nitrogen and oxygen atoms in total. The highest BCUT2D eigenvalue weighted by atomic mass is 35.5. The lowest BCUT2D eigenvalue weighted by atomic mass is 10.1. The molecule has 1 aromatic carbocycles. The van der Waals surface area contributed by atoms with E-state index in [2.05, 4.69) is 0 Å². The molecule has 0 unspecified atom stereocenters. The van der Waals surface area contributed by atoms with E-state index in [4.69, 9.17) is 26.2 Å². The Morgan fingerprint density at radius 2 is 2.00 bits per heavy atom. The van der Waals surface area contributed by atoms with Crippen LogP contribution in [0.4, 0.5) is 4.39 Å². The van der Waals surface area contributed by atoms with Crippen molar-refractivity contribution in [3.8, 4) is 11.5 Å². The van der Waals surface area contributed by atoms with Crippen molar-refractivity contribution in [2.45, 2.75) is 6.42 Å². The van der Waals surface area contributed by atoms with Crippen molar-refractivity contribution >= 4 is 17.6 Å². The van der Waals surface area contributed by atoms with E-state index in [1.807, 2.05) is 0 Å². The van der Waals surface area contributed by atoms with Gasteiger partial charge in [0.25, 0.3) is 0 Å². The standard InChI is InChI=1S/C10H10ClFO4/c1-15-6-4-7(16-2)10(12)5(9(6)11)3-8(13)14/h4H,3H2,1-2H3,(H,13,14). The van der Waals surface area contributed by atoms with E-state index in [0.29, 0.717) is 0 Å². The van der Waals surface area contributed by atoms with Crippen LogP contribution in [-0.4, -0.2) is 25.3 Å². The number of rotatable bonds is 4. The lowest BCUT2D eigenvalue weighted by Gasteiger charge is -2.12. The van der Waals surface area contributed by atoms with Gasteiger partial charge >= 0.3 is 5.97 Å². The number of carbonyl (C=O) groups is 1. The molecule has 0 aliphatic rings. The van der Waals surface area contributed by atoms with Gasteiger partial charge in [0.15, 0.2) is 11.6 Å². The molecule has 1 N–H and O–H groups in total. The van der Waals surface area contributed by atoms with Gasteiger partial charge < -0.3 is 14.6 Å². The maximum absolute atomic E-state index is 13.7. The molecule has 0 aliphatic carbocycles. The van der Waals surface area contributed by atoms with Crippen LogP contribution in [0.2, 0.25) is 5.02 Å². The summed E-state index contributed by atoms with van der Waals surface area (Å²) in [6.07, 6.45) is -0.530. The Labute approximate surface area is 96.5 Å². The molecule has 0 spiro atoms. The van der Waals surface area contributed by atoms with Gasteiger partial charge in [-0.3, -0.25) is 4.79 Å². The number of ether oxygens (including phenoxy) is 2. The number of hydrogen-bond acceptors (Lipinski definition) is 3. The Hall–Kier alpha value is -1.49. The van der Waals surface area contributed by atoms with E-state index in [0.717, 1.165) is 0 Å². The second kappa shape index (κ2) is 5.03. The van der Waals surface area contributed by atoms with Gasteiger partial charge in [-0.05, 0) is 0 Å². The number of aliphatic carboxylic acids is 1. The van der Waals surface area contributed by atoms with Crippen molar-refractivity contribution in [1.82, 2.24) is 0 Å². The first kappa shape index (κ1) is 12.6. The summed E-state index contributed by atoms with van der Waals surface area (Å²) < 4.78 is 23.3. The molecule has 0 saturated heterocycles. The Bertz CT molecular complexity index is 392. The van der Waals surface area contributed by atoms with Crippen molar-refractivity contribution < 1.29 is 23.8 Å². The predicted octanol–water partition coefficient (Wildman–Crippen LogP) is 2.12. The van der Waals surface area contributed by atoms with Crippen LogP contribution in [0.1, 0.15) is 5.56 Å². The highest BCUT2D eigenvalue weighted by Crippen LogP contribution is 2.36. The third kappa shape index (κ3) is 2.36. The molecule has 1 aromatic rings. The second-order valence-corrected chi connectivity index (χ2v) is 3.34. The van der Waals surface area contributed by atoms with Crippen molar-refractivity contribution in [3.05, 3.63) is 22.5 Å². The monoisotopic (exact) mass is 248 g/mol. The second-order valence-electron chi connectivity index (χ2n) is 2.96. The van der Waals surface area contributed by atoms with Crippen LogP contribution in [0.15, 0.2) is 6.07 Å². The van der Waals surface area contributed by atoms with Gasteiger partial charge in [-0.1, -0.05) is 11.6 Å². The number of hydrogen-bond donors (Lipinski definition) is 1. The summed E-state index contributed by atoms with van der Waals surface area (Å²) in [5.74, 6) is -1.89. The highest BCUT2D eigenvalue weighted by Gasteiger charge is 2.20. The lowest BCUT2D eigenvalue weighted by molar-refractivity contribution is -0.136. The molecule has 16 heavy (non-hydrogen) atoms. The molecule has 0 bridgehead atoms. The average molecular weight is 249 g/mol. The van der Waals surface area contributed by atoms with Crippen molar-refractivity contribution in [3.63, 3.8) is 0 Å². The van der Waals surface area contributed by atoms with Gasteiger partial charge in [-0.25, -0.2) is 4.39 Å². The molecular weight excluding hydrogens is 239 g/mol. The van der Waals surface area contributed by atoms with Crippen molar-refractivity contribution in [2.24, 2.45) is 0 Å². The van der Waals surface area contributed by atoms with E-state index in [1.165, 1.54) is 20.3 Å². The van der Waals surface area contributed by atoms with Crippen molar-refractivity contribution in [2.75, 3.05) is 14.2 Å². The fourth-order valence-corrected chi connectivity index (χ4v) is 1.52. The highest BCUT2D eigenvalue weighted by molar-refractivity contribution is 6.33. The fraction of sp³-hybridized carbons (Fsp3) is 0.300. The number of benzene rings is 1. The SMILES string of the molecule is COc1cc(OC)c(Cl)c(CC(=O)O)c1F. The predicted molar refractivity (Wildman–Crippen MR) is 55.9 cm³/mol. The minimum absolute atomic E-state index is 0.0526. The first-order chi connectivity index (χ1) is 7.51. The van der Waals surface area contributed by atoms with Gasteiger partial charge in [-0.2, -0.15) is 0 Å². The summed E-state index contributed by atoms with van der Waals surface area (Å²) in [5, 5.41) is 8.58. The fourth-order valence-electron chi connectivity index (χ4n) is 1.24. The smallest absolute Gasteiger partial charge is 0.307 e. The molecule has 0 heterocycles. The number of halogens is 2. The summed E-state index contributed by atoms with van der Waals surface area (Å²) in [4.78, 5) is 10.6. The molecule has 0 radical (unpaired) electrons. The van der Waals surface area contributed by atoms with Crippen LogP contribution in [0.25, 0.3) is 0 Å². The molecule has 0 fully saturated rings. The minimum atomic E-state index is -1.18. The summed E-state index contributed by atoms with van der Waals surface area (Å²) in [6, 6.07) is 1.27. The molecule has 6 heteroatoms. The third-order valence-corrected chi connectivity index (χ3v) is 2.41. The Morgan fingerprint density at radius 1 is 1.44 bits per heavy atom. The topological polar surface area (TPSA) is 55.8 Å². The normalized spacial score (nSPS) is 10.0. The summed E-state index contributed by atoms with van der Waals surface area (Å²) >= 11 is 5.80. The average Bonchev–Trinajstić information content (AvgIpc) is 2.24. The van der Waals surface area contributed by atoms with Crippen LogP contribution < -0.4 is 9.47 Å². The van der Waals surface area contributed by atoms with Crippen LogP contribution in [0, 0.1) is 5.82 Å². The van der Waals surface area contributed by atoms with Gasteiger partial charge in [0.2, 0.25) is 0 Å². The zero-order valence-electron chi connectivity index (χ0n) is 8.71. The largest absolute Gasteiger partial charge is 0.495 e. The van der Waals surface area contributed by atoms with Crippen LogP contribution in [0.3, 0.4) is 0 Å². The van der Waals surface area contributed by atoms with Gasteiger partial charge in [0, 0.05) is 11.6 Å². The number of carboxylic acids is 1. The van der Waals surface area contributed by atoms with Gasteiger partial charge in [0.1, 0.15) is 5.75 Å². The zero-order valence-corrected chi connectivity index (χ0v) is 9.47. The molecular formula is C10H10ClFO4. The molecule has 0 amide bonds. The van der Waals surface area contributed by atoms with Gasteiger partial charge in [-0.15, -0.1) is 0 Å². The quantitative estimate of drug-likeness (QED) is 0.887. The first-order valence-electron chi connectivity index (χ1n) is 4.31. The molecule has 0 aliphatic heterocycles. The van der Waals surface area contributed by atoms with Crippen LogP contribution in [-0.2, 0) is 11.2 Å². The van der Waals surface area contributed by atoms with E-state index in [9.17, 15) is 9.18 Å². The number of carboxylic acid groups (broad SMARTS) is 1. The Morgan fingerprint density at radius 3 is 2.44 bits per heavy atom. The van der Waals surface area contributed by atoms with E-state index >= 15 is 0 Å².